The Labute approximate surface area is 260 Å². The number of nitrogens with one attached hydrogen (secondary N) is 2. The fourth-order valence-electron chi connectivity index (χ4n) is 5.47. The van der Waals surface area contributed by atoms with E-state index in [1.807, 2.05) is 85.4 Å². The van der Waals surface area contributed by atoms with Gasteiger partial charge in [-0.2, -0.15) is 0 Å². The molecule has 43 heavy (non-hydrogen) atoms. The highest BCUT2D eigenvalue weighted by molar-refractivity contribution is 6.62. The first-order valence-corrected chi connectivity index (χ1v) is 17.7. The zero-order valence-electron chi connectivity index (χ0n) is 27.2. The van der Waals surface area contributed by atoms with Gasteiger partial charge in [-0.25, -0.2) is 9.97 Å². The van der Waals surface area contributed by atoms with E-state index in [0.717, 1.165) is 0 Å². The monoisotopic (exact) mass is 624 g/mol. The third-order valence-corrected chi connectivity index (χ3v) is 9.72. The first-order valence-electron chi connectivity index (χ1n) is 14.7. The number of carbonyl (C=O) groups is 1. The number of hydrogen-bond donors (Lipinski definition) is 3. The van der Waals surface area contributed by atoms with Crippen LogP contribution >= 0.6 is 0 Å². The quantitative estimate of drug-likeness (QED) is 0.386. The molecule has 3 heterocycles. The van der Waals surface area contributed by atoms with E-state index in [1.165, 1.54) is 6.33 Å². The molecule has 2 aliphatic heterocycles. The lowest BCUT2D eigenvalue weighted by molar-refractivity contribution is -0.171. The standard InChI is InChI=1S/C31H46N5O5Si2/c1-28(2,3)22(37)20-21(39-29(4,5)6)23(41-30(7,8)9)31(40-20,43(10)11)36-25-19(34-27(36)42)24(32-17-33-25)35-26(38)18-15-13-12-14-16-18/h12-17,20-23,34,37H,1-11H3,(H,32,33,35,38)/t20-,21+,22?,23+,31-/m0/s1. The van der Waals surface area contributed by atoms with Crippen LogP contribution in [0.2, 0.25) is 13.1 Å². The van der Waals surface area contributed by atoms with Gasteiger partial charge in [0.15, 0.2) is 17.0 Å². The average Bonchev–Trinajstić information content (AvgIpc) is 3.37. The highest BCUT2D eigenvalue weighted by Crippen LogP contribution is 2.50. The summed E-state index contributed by atoms with van der Waals surface area (Å²) < 4.78 is 20.8. The van der Waals surface area contributed by atoms with E-state index in [9.17, 15) is 9.90 Å². The number of amides is 1. The largest absolute Gasteiger partial charge is 0.390 e. The van der Waals surface area contributed by atoms with Gasteiger partial charge in [0.05, 0.1) is 32.6 Å². The van der Waals surface area contributed by atoms with Crippen LogP contribution < -0.4 is 15.5 Å². The molecule has 0 spiro atoms. The van der Waals surface area contributed by atoms with E-state index in [4.69, 9.17) is 14.2 Å². The highest BCUT2D eigenvalue weighted by atomic mass is 28.3. The Balaban J connectivity index is 1.88. The Kier molecular flexibility index (Phi) is 9.16. The van der Waals surface area contributed by atoms with Gasteiger partial charge in [0.1, 0.15) is 39.1 Å². The van der Waals surface area contributed by atoms with E-state index in [-0.39, 0.29) is 5.91 Å². The Hall–Kier alpha value is -2.49. The van der Waals surface area contributed by atoms with Crippen LogP contribution in [0.1, 0.15) is 72.7 Å². The van der Waals surface area contributed by atoms with Crippen molar-refractivity contribution in [3.63, 3.8) is 0 Å². The first-order chi connectivity index (χ1) is 19.8. The lowest BCUT2D eigenvalue weighted by Gasteiger charge is -2.47. The number of aliphatic hydroxyl groups is 1. The maximum absolute atomic E-state index is 13.1. The van der Waals surface area contributed by atoms with E-state index >= 15 is 0 Å². The average molecular weight is 625 g/mol. The minimum atomic E-state index is -1.48. The van der Waals surface area contributed by atoms with Gasteiger partial charge in [-0.05, 0) is 59.1 Å². The molecule has 1 aromatic heterocycles. The van der Waals surface area contributed by atoms with Gasteiger partial charge in [0.25, 0.3) is 5.91 Å². The SMILES string of the molecule is C[Si](C)[C@@]1(N2C(=[Si])Nc3c(NC(=O)c4ccccc4)ncnc32)O[C@H](C(O)C(C)(C)C)[C@@H](OC(C)(C)C)[C@H]1OC(C)(C)C. The number of rotatable bonds is 7. The molecular weight excluding hydrogens is 579 g/mol. The van der Waals surface area contributed by atoms with E-state index in [1.54, 1.807) is 12.1 Å². The molecule has 2 aliphatic rings. The second-order valence-corrected chi connectivity index (χ2v) is 17.7. The molecule has 0 saturated carbocycles. The molecule has 3 radical (unpaired) electrons. The Morgan fingerprint density at radius 2 is 1.67 bits per heavy atom. The Bertz CT molecular complexity index is 1340. The van der Waals surface area contributed by atoms with Gasteiger partial charge in [-0.3, -0.25) is 9.69 Å². The molecule has 1 fully saturated rings. The molecule has 10 nitrogen and oxygen atoms in total. The molecule has 5 atom stereocenters. The van der Waals surface area contributed by atoms with Crippen LogP contribution in [0.25, 0.3) is 0 Å². The molecule has 1 saturated heterocycles. The maximum Gasteiger partial charge on any atom is 0.256 e. The zero-order chi connectivity index (χ0) is 32.1. The van der Waals surface area contributed by atoms with Gasteiger partial charge in [-0.1, -0.05) is 52.1 Å². The van der Waals surface area contributed by atoms with Crippen LogP contribution in [0.4, 0.5) is 17.3 Å². The van der Waals surface area contributed by atoms with Crippen molar-refractivity contribution in [2.24, 2.45) is 5.41 Å². The summed E-state index contributed by atoms with van der Waals surface area (Å²) in [6, 6.07) is 8.96. The minimum Gasteiger partial charge on any atom is -0.390 e. The maximum atomic E-state index is 13.1. The second kappa shape index (κ2) is 11.8. The number of benzene rings is 1. The molecule has 1 amide bonds. The number of anilines is 3. The molecule has 3 N–H and O–H groups in total. The second-order valence-electron chi connectivity index (χ2n) is 14.5. The van der Waals surface area contributed by atoms with Crippen molar-refractivity contribution in [1.29, 1.82) is 0 Å². The van der Waals surface area contributed by atoms with Gasteiger partial charge < -0.3 is 30.0 Å². The summed E-state index contributed by atoms with van der Waals surface area (Å²) in [6.07, 6.45) is -1.41. The first kappa shape index (κ1) is 33.4. The third kappa shape index (κ3) is 6.79. The molecule has 233 valence electrons. The van der Waals surface area contributed by atoms with Crippen LogP contribution in [-0.4, -0.2) is 86.0 Å². The van der Waals surface area contributed by atoms with Gasteiger partial charge in [-0.15, -0.1) is 0 Å². The fraction of sp³-hybridized carbons (Fsp3) is 0.613. The van der Waals surface area contributed by atoms with Gasteiger partial charge in [0, 0.05) is 5.56 Å². The lowest BCUT2D eigenvalue weighted by Crippen LogP contribution is -2.68. The van der Waals surface area contributed by atoms with Crippen molar-refractivity contribution in [3.8, 4) is 0 Å². The fourth-order valence-corrected chi connectivity index (χ4v) is 7.81. The summed E-state index contributed by atoms with van der Waals surface area (Å²) in [5.74, 6) is 0.548. The van der Waals surface area contributed by atoms with Crippen molar-refractivity contribution in [2.75, 3.05) is 15.5 Å². The van der Waals surface area contributed by atoms with Crippen molar-refractivity contribution in [3.05, 3.63) is 42.2 Å². The zero-order valence-corrected chi connectivity index (χ0v) is 29.2. The predicted molar refractivity (Wildman–Crippen MR) is 173 cm³/mol. The highest BCUT2D eigenvalue weighted by Gasteiger charge is 2.66. The molecule has 1 aromatic carbocycles. The number of aliphatic hydroxyl groups excluding tert-OH is 1. The summed E-state index contributed by atoms with van der Waals surface area (Å²) in [4.78, 5) is 24.1. The predicted octanol–water partition coefficient (Wildman–Crippen LogP) is 4.38. The number of carbonyl (C=O) groups excluding carboxylic acids is 1. The number of aromatic nitrogens is 2. The minimum absolute atomic E-state index is 0.291. The van der Waals surface area contributed by atoms with Crippen molar-refractivity contribution in [2.45, 2.75) is 116 Å². The van der Waals surface area contributed by atoms with E-state index < -0.39 is 55.2 Å². The van der Waals surface area contributed by atoms with Gasteiger partial charge in [0.2, 0.25) is 0 Å². The van der Waals surface area contributed by atoms with Crippen LogP contribution in [0.3, 0.4) is 0 Å². The normalized spacial score (nSPS) is 25.1. The molecule has 4 rings (SSSR count). The lowest BCUT2D eigenvalue weighted by atomic mass is 9.83. The Morgan fingerprint density at radius 3 is 2.21 bits per heavy atom. The molecule has 12 heteroatoms. The number of hydrogen-bond acceptors (Lipinski definition) is 9. The topological polar surface area (TPSA) is 118 Å². The van der Waals surface area contributed by atoms with Crippen LogP contribution in [0.5, 0.6) is 0 Å². The van der Waals surface area contributed by atoms with Gasteiger partial charge >= 0.3 is 0 Å². The van der Waals surface area contributed by atoms with Crippen LogP contribution in [0, 0.1) is 5.41 Å². The van der Waals surface area contributed by atoms with Crippen molar-refractivity contribution in [1.82, 2.24) is 9.97 Å². The van der Waals surface area contributed by atoms with Crippen molar-refractivity contribution < 1.29 is 24.1 Å². The number of ether oxygens (including phenoxy) is 3. The van der Waals surface area contributed by atoms with E-state index in [0.29, 0.717) is 28.3 Å². The summed E-state index contributed by atoms with van der Waals surface area (Å²) in [7, 11) is 2.35. The molecule has 2 aromatic rings. The summed E-state index contributed by atoms with van der Waals surface area (Å²) >= 11 is 0. The smallest absolute Gasteiger partial charge is 0.256 e. The third-order valence-electron chi connectivity index (χ3n) is 7.31. The van der Waals surface area contributed by atoms with Crippen LogP contribution in [0.15, 0.2) is 36.7 Å². The number of nitrogens with zero attached hydrogens (tertiary/aromatic N) is 3. The Morgan fingerprint density at radius 1 is 1.07 bits per heavy atom. The number of fused-ring (bicyclic) bond motifs is 1. The molecule has 0 aliphatic carbocycles. The molecule has 0 bridgehead atoms. The summed E-state index contributed by atoms with van der Waals surface area (Å²) in [5, 5.41) is 16.9. The van der Waals surface area contributed by atoms with E-state index in [2.05, 4.69) is 43.6 Å². The summed E-state index contributed by atoms with van der Waals surface area (Å²) in [6.45, 7) is 22.3. The molecule has 1 unspecified atom stereocenters. The molecular formula is C31H46N5O5Si2. The summed E-state index contributed by atoms with van der Waals surface area (Å²) in [5.41, 5.74) is -0.0347. The van der Waals surface area contributed by atoms with Crippen LogP contribution in [-0.2, 0) is 14.2 Å². The van der Waals surface area contributed by atoms with Crippen molar-refractivity contribution >= 4 is 47.3 Å².